The fourth-order valence-electron chi connectivity index (χ4n) is 3.25. The minimum absolute atomic E-state index is 0.158. The molecule has 0 aliphatic carbocycles. The molecule has 1 unspecified atom stereocenters. The molecule has 4 heteroatoms. The van der Waals surface area contributed by atoms with Crippen molar-refractivity contribution in [3.8, 4) is 0 Å². The molecule has 0 bridgehead atoms. The van der Waals surface area contributed by atoms with Crippen LogP contribution >= 0.6 is 0 Å². The Morgan fingerprint density at radius 3 is 2.43 bits per heavy atom. The third-order valence-corrected chi connectivity index (χ3v) is 4.32. The summed E-state index contributed by atoms with van der Waals surface area (Å²) in [7, 11) is 1.69. The van der Waals surface area contributed by atoms with Crippen LogP contribution in [0.2, 0.25) is 0 Å². The maximum atomic E-state index is 13.3. The Labute approximate surface area is 140 Å². The van der Waals surface area contributed by atoms with E-state index in [1.54, 1.807) is 7.11 Å². The van der Waals surface area contributed by atoms with Gasteiger partial charge in [-0.2, -0.15) is 0 Å². The van der Waals surface area contributed by atoms with E-state index >= 15 is 0 Å². The van der Waals surface area contributed by atoms with Gasteiger partial charge in [-0.15, -0.1) is 0 Å². The Hall–Kier alpha value is -1.39. The Morgan fingerprint density at radius 2 is 1.87 bits per heavy atom. The maximum absolute atomic E-state index is 13.3. The minimum atomic E-state index is -0.158. The van der Waals surface area contributed by atoms with Gasteiger partial charge >= 0.3 is 0 Å². The zero-order chi connectivity index (χ0) is 16.7. The van der Waals surface area contributed by atoms with E-state index in [4.69, 9.17) is 4.74 Å². The number of nitrogens with zero attached hydrogens (tertiary/aromatic N) is 2. The maximum Gasteiger partial charge on any atom is 0.244 e. The highest BCUT2D eigenvalue weighted by atomic mass is 16.5. The second-order valence-corrected chi connectivity index (χ2v) is 6.73. The molecule has 1 aliphatic heterocycles. The number of hydrogen-bond donors (Lipinski definition) is 0. The van der Waals surface area contributed by atoms with Gasteiger partial charge in [-0.05, 0) is 37.4 Å². The van der Waals surface area contributed by atoms with Gasteiger partial charge in [-0.1, -0.05) is 44.2 Å². The summed E-state index contributed by atoms with van der Waals surface area (Å²) in [6.07, 6.45) is 2.36. The van der Waals surface area contributed by atoms with Gasteiger partial charge in [0.25, 0.3) is 0 Å². The smallest absolute Gasteiger partial charge is 0.244 e. The SMILES string of the molecule is COCCN(CC(C)C)C(=O)C(c1ccccc1)N1CCCC1. The molecule has 1 aromatic rings. The van der Waals surface area contributed by atoms with Crippen LogP contribution in [0.25, 0.3) is 0 Å². The van der Waals surface area contributed by atoms with Crippen molar-refractivity contribution in [2.24, 2.45) is 5.92 Å². The predicted octanol–water partition coefficient (Wildman–Crippen LogP) is 2.95. The molecule has 1 fully saturated rings. The van der Waals surface area contributed by atoms with E-state index in [0.717, 1.165) is 25.2 Å². The number of benzene rings is 1. The Bertz CT molecular complexity index is 470. The van der Waals surface area contributed by atoms with Crippen LogP contribution in [-0.2, 0) is 9.53 Å². The Kier molecular flexibility index (Phi) is 7.06. The molecule has 1 heterocycles. The summed E-state index contributed by atoms with van der Waals surface area (Å²) in [6.45, 7) is 8.33. The normalized spacial score (nSPS) is 16.7. The number of hydrogen-bond acceptors (Lipinski definition) is 3. The van der Waals surface area contributed by atoms with Crippen molar-refractivity contribution in [1.29, 1.82) is 0 Å². The van der Waals surface area contributed by atoms with Crippen molar-refractivity contribution in [3.05, 3.63) is 35.9 Å². The summed E-state index contributed by atoms with van der Waals surface area (Å²) in [5, 5.41) is 0. The molecule has 0 spiro atoms. The molecule has 1 amide bonds. The zero-order valence-corrected chi connectivity index (χ0v) is 14.7. The average Bonchev–Trinajstić information content (AvgIpc) is 3.06. The molecule has 0 saturated carbocycles. The van der Waals surface area contributed by atoms with E-state index in [9.17, 15) is 4.79 Å². The number of carbonyl (C=O) groups excluding carboxylic acids is 1. The number of carbonyl (C=O) groups is 1. The van der Waals surface area contributed by atoms with Gasteiger partial charge in [0.05, 0.1) is 6.61 Å². The van der Waals surface area contributed by atoms with E-state index in [1.165, 1.54) is 12.8 Å². The minimum Gasteiger partial charge on any atom is -0.383 e. The van der Waals surface area contributed by atoms with Gasteiger partial charge in [0.2, 0.25) is 5.91 Å². The van der Waals surface area contributed by atoms with Crippen LogP contribution in [0, 0.1) is 5.92 Å². The summed E-state index contributed by atoms with van der Waals surface area (Å²) in [5.41, 5.74) is 1.10. The van der Waals surface area contributed by atoms with Gasteiger partial charge in [-0.25, -0.2) is 0 Å². The molecular weight excluding hydrogens is 288 g/mol. The first-order valence-corrected chi connectivity index (χ1v) is 8.70. The highest BCUT2D eigenvalue weighted by molar-refractivity contribution is 5.83. The van der Waals surface area contributed by atoms with Crippen molar-refractivity contribution in [1.82, 2.24) is 9.80 Å². The van der Waals surface area contributed by atoms with Gasteiger partial charge in [0.15, 0.2) is 0 Å². The van der Waals surface area contributed by atoms with Crippen molar-refractivity contribution in [2.45, 2.75) is 32.7 Å². The average molecular weight is 318 g/mol. The Morgan fingerprint density at radius 1 is 1.22 bits per heavy atom. The molecule has 128 valence electrons. The molecule has 0 aromatic heterocycles. The number of amides is 1. The second-order valence-electron chi connectivity index (χ2n) is 6.73. The van der Waals surface area contributed by atoms with Crippen LogP contribution in [0.3, 0.4) is 0 Å². The van der Waals surface area contributed by atoms with Crippen LogP contribution in [0.4, 0.5) is 0 Å². The Balaban J connectivity index is 2.22. The summed E-state index contributed by atoms with van der Waals surface area (Å²) in [5.74, 6) is 0.662. The molecule has 2 rings (SSSR count). The van der Waals surface area contributed by atoms with E-state index in [0.29, 0.717) is 19.1 Å². The fraction of sp³-hybridized carbons (Fsp3) is 0.632. The highest BCUT2D eigenvalue weighted by Crippen LogP contribution is 2.27. The molecule has 4 nitrogen and oxygen atoms in total. The quantitative estimate of drug-likeness (QED) is 0.739. The molecular formula is C19H30N2O2. The largest absolute Gasteiger partial charge is 0.383 e. The standard InChI is InChI=1S/C19H30N2O2/c1-16(2)15-21(13-14-23-3)19(22)18(20-11-7-8-12-20)17-9-5-4-6-10-17/h4-6,9-10,16,18H,7-8,11-15H2,1-3H3. The summed E-state index contributed by atoms with van der Waals surface area (Å²) >= 11 is 0. The predicted molar refractivity (Wildman–Crippen MR) is 93.3 cm³/mol. The molecule has 23 heavy (non-hydrogen) atoms. The first-order chi connectivity index (χ1) is 11.1. The summed E-state index contributed by atoms with van der Waals surface area (Å²) in [6, 6.07) is 10.0. The topological polar surface area (TPSA) is 32.8 Å². The number of rotatable bonds is 8. The number of methoxy groups -OCH3 is 1. The first-order valence-electron chi connectivity index (χ1n) is 8.70. The van der Waals surface area contributed by atoms with E-state index in [2.05, 4.69) is 30.9 Å². The van der Waals surface area contributed by atoms with E-state index in [1.807, 2.05) is 23.1 Å². The van der Waals surface area contributed by atoms with Gasteiger partial charge < -0.3 is 9.64 Å². The lowest BCUT2D eigenvalue weighted by Gasteiger charge is -2.33. The van der Waals surface area contributed by atoms with Gasteiger partial charge in [-0.3, -0.25) is 9.69 Å². The lowest BCUT2D eigenvalue weighted by molar-refractivity contribution is -0.138. The molecule has 1 aromatic carbocycles. The molecule has 1 saturated heterocycles. The zero-order valence-electron chi connectivity index (χ0n) is 14.7. The van der Waals surface area contributed by atoms with Gasteiger partial charge in [0.1, 0.15) is 6.04 Å². The van der Waals surface area contributed by atoms with Crippen LogP contribution in [0.15, 0.2) is 30.3 Å². The third-order valence-electron chi connectivity index (χ3n) is 4.32. The number of likely N-dealkylation sites (tertiary alicyclic amines) is 1. The fourth-order valence-corrected chi connectivity index (χ4v) is 3.25. The van der Waals surface area contributed by atoms with Crippen LogP contribution in [-0.4, -0.2) is 55.6 Å². The second kappa shape index (κ2) is 9.04. The lowest BCUT2D eigenvalue weighted by atomic mass is 10.0. The lowest BCUT2D eigenvalue weighted by Crippen LogP contribution is -2.44. The number of ether oxygens (including phenoxy) is 1. The first kappa shape index (κ1) is 18.0. The van der Waals surface area contributed by atoms with Gasteiger partial charge in [0, 0.05) is 20.2 Å². The van der Waals surface area contributed by atoms with Crippen molar-refractivity contribution in [2.75, 3.05) is 39.9 Å². The monoisotopic (exact) mass is 318 g/mol. The summed E-state index contributed by atoms with van der Waals surface area (Å²) in [4.78, 5) is 17.6. The van der Waals surface area contributed by atoms with Crippen molar-refractivity contribution in [3.63, 3.8) is 0 Å². The van der Waals surface area contributed by atoms with Crippen LogP contribution < -0.4 is 0 Å². The molecule has 1 aliphatic rings. The highest BCUT2D eigenvalue weighted by Gasteiger charge is 2.32. The van der Waals surface area contributed by atoms with Crippen LogP contribution in [0.5, 0.6) is 0 Å². The van der Waals surface area contributed by atoms with Crippen molar-refractivity contribution < 1.29 is 9.53 Å². The molecule has 0 N–H and O–H groups in total. The third kappa shape index (κ3) is 5.05. The van der Waals surface area contributed by atoms with Crippen LogP contribution in [0.1, 0.15) is 38.3 Å². The summed E-state index contributed by atoms with van der Waals surface area (Å²) < 4.78 is 5.21. The molecule has 1 atom stereocenters. The molecule has 0 radical (unpaired) electrons. The van der Waals surface area contributed by atoms with E-state index in [-0.39, 0.29) is 11.9 Å². The van der Waals surface area contributed by atoms with E-state index < -0.39 is 0 Å². The van der Waals surface area contributed by atoms with Crippen molar-refractivity contribution >= 4 is 5.91 Å².